The van der Waals surface area contributed by atoms with Crippen molar-refractivity contribution in [3.05, 3.63) is 41.5 Å². The van der Waals surface area contributed by atoms with Crippen LogP contribution in [0.5, 0.6) is 0 Å². The van der Waals surface area contributed by atoms with Gasteiger partial charge in [-0.2, -0.15) is 0 Å². The quantitative estimate of drug-likeness (QED) is 0.166. The molecule has 0 radical (unpaired) electrons. The van der Waals surface area contributed by atoms with Crippen LogP contribution in [0.25, 0.3) is 0 Å². The van der Waals surface area contributed by atoms with Crippen LogP contribution in [0.2, 0.25) is 18.1 Å². The Balaban J connectivity index is 1.22. The van der Waals surface area contributed by atoms with Crippen LogP contribution in [-0.4, -0.2) is 36.9 Å². The molecule has 276 valence electrons. The molecule has 1 aliphatic heterocycles. The molecule has 50 heavy (non-hydrogen) atoms. The normalized spacial score (nSPS) is 39.2. The summed E-state index contributed by atoms with van der Waals surface area (Å²) in [6, 6.07) is 9.61. The molecule has 4 saturated carbocycles. The number of imide groups is 1. The van der Waals surface area contributed by atoms with Gasteiger partial charge in [0.2, 0.25) is 11.8 Å². The van der Waals surface area contributed by atoms with Crippen molar-refractivity contribution in [1.82, 2.24) is 0 Å². The standard InChI is InChI=1S/C44H67NO4Si/c1-27(2)14-13-15-28(3)36-20-21-37-43(36,7)23-22-29-24-33-32-19-18-31(49-50(8,9)42(4,5)6)25-34(32)38-39(35(33)26-44(29,37)48)41(47)45(40(38)46)30-16-11-10-12-17-30/h10-12,16-17,27-29,31,34-39,48H,13-15,18-26H2,1-9H3/t28-,29+,31?,34+,35-,36-,37-,38+,39-,43-,44+/m1/s1. The Morgan fingerprint density at radius 3 is 2.28 bits per heavy atom. The molecule has 0 aromatic heterocycles. The molecule has 11 atom stereocenters. The monoisotopic (exact) mass is 701 g/mol. The highest BCUT2D eigenvalue weighted by atomic mass is 28.4. The number of fused-ring (bicyclic) bond motifs is 8. The molecule has 5 fully saturated rings. The summed E-state index contributed by atoms with van der Waals surface area (Å²) >= 11 is 0. The number of carbonyl (C=O) groups is 2. The highest BCUT2D eigenvalue weighted by Crippen LogP contribution is 2.68. The van der Waals surface area contributed by atoms with Crippen LogP contribution in [0.1, 0.15) is 126 Å². The van der Waals surface area contributed by atoms with Crippen molar-refractivity contribution in [3.8, 4) is 0 Å². The van der Waals surface area contributed by atoms with Crippen molar-refractivity contribution in [1.29, 1.82) is 0 Å². The Morgan fingerprint density at radius 2 is 1.62 bits per heavy atom. The lowest BCUT2D eigenvalue weighted by molar-refractivity contribution is -0.173. The number of amides is 2. The predicted molar refractivity (Wildman–Crippen MR) is 205 cm³/mol. The summed E-state index contributed by atoms with van der Waals surface area (Å²) in [6.45, 7) is 21.2. The van der Waals surface area contributed by atoms with Crippen LogP contribution in [0, 0.1) is 58.7 Å². The van der Waals surface area contributed by atoms with E-state index in [4.69, 9.17) is 4.43 Å². The summed E-state index contributed by atoms with van der Waals surface area (Å²) in [5.74, 6) is 1.72. The number of hydrogen-bond donors (Lipinski definition) is 1. The number of para-hydroxylation sites is 1. The number of benzene rings is 1. The van der Waals surface area contributed by atoms with Gasteiger partial charge in [-0.25, -0.2) is 0 Å². The number of rotatable bonds is 8. The average Bonchev–Trinajstić information content (AvgIpc) is 3.54. The lowest BCUT2D eigenvalue weighted by Gasteiger charge is -2.60. The average molecular weight is 702 g/mol. The number of nitrogens with zero attached hydrogens (tertiary/aromatic N) is 1. The van der Waals surface area contributed by atoms with Gasteiger partial charge >= 0.3 is 0 Å². The second kappa shape index (κ2) is 13.0. The van der Waals surface area contributed by atoms with Gasteiger partial charge in [-0.15, -0.1) is 0 Å². The molecule has 1 heterocycles. The van der Waals surface area contributed by atoms with Gasteiger partial charge in [-0.3, -0.25) is 14.5 Å². The van der Waals surface area contributed by atoms with E-state index in [1.54, 1.807) is 0 Å². The van der Waals surface area contributed by atoms with Gasteiger partial charge in [0.05, 0.1) is 23.1 Å². The maximum atomic E-state index is 14.7. The molecule has 0 bridgehead atoms. The molecular formula is C44H67NO4Si. The fourth-order valence-electron chi connectivity index (χ4n) is 12.5. The zero-order valence-electron chi connectivity index (χ0n) is 32.8. The molecule has 1 aromatic rings. The fourth-order valence-corrected chi connectivity index (χ4v) is 13.9. The summed E-state index contributed by atoms with van der Waals surface area (Å²) in [5, 5.41) is 13.3. The van der Waals surface area contributed by atoms with Crippen LogP contribution < -0.4 is 4.90 Å². The van der Waals surface area contributed by atoms with E-state index in [0.717, 1.165) is 44.4 Å². The van der Waals surface area contributed by atoms with E-state index in [9.17, 15) is 14.7 Å². The highest BCUT2D eigenvalue weighted by molar-refractivity contribution is 6.74. The second-order valence-corrected chi connectivity index (χ2v) is 24.9. The van der Waals surface area contributed by atoms with Crippen molar-refractivity contribution in [2.75, 3.05) is 4.90 Å². The smallest absolute Gasteiger partial charge is 0.238 e. The second-order valence-electron chi connectivity index (χ2n) is 20.1. The highest BCUT2D eigenvalue weighted by Gasteiger charge is 2.67. The van der Waals surface area contributed by atoms with E-state index >= 15 is 0 Å². The summed E-state index contributed by atoms with van der Waals surface area (Å²) in [5.41, 5.74) is 2.95. The van der Waals surface area contributed by atoms with E-state index in [1.165, 1.54) is 48.2 Å². The van der Waals surface area contributed by atoms with Gasteiger partial charge in [0, 0.05) is 6.10 Å². The van der Waals surface area contributed by atoms with Gasteiger partial charge in [0.15, 0.2) is 8.32 Å². The SMILES string of the molecule is CC(C)CCC[C@@H](C)[C@H]1CC[C@@H]2[C@]1(C)CC[C@H]1CC3=C4CCC(O[Si](C)(C)C(C)(C)C)C[C@@H]4[C@@H]4C(=O)N(c5ccccc5)C(=O)[C@@H]4[C@@H]3C[C@]12O. The molecule has 5 nitrogen and oxygen atoms in total. The molecule has 6 aliphatic rings. The van der Waals surface area contributed by atoms with E-state index in [1.807, 2.05) is 30.3 Å². The molecule has 1 N–H and O–H groups in total. The first-order valence-corrected chi connectivity index (χ1v) is 23.4. The largest absolute Gasteiger partial charge is 0.414 e. The van der Waals surface area contributed by atoms with Gasteiger partial charge < -0.3 is 9.53 Å². The summed E-state index contributed by atoms with van der Waals surface area (Å²) in [4.78, 5) is 30.9. The molecule has 6 heteroatoms. The van der Waals surface area contributed by atoms with Crippen molar-refractivity contribution in [2.45, 2.75) is 155 Å². The summed E-state index contributed by atoms with van der Waals surface area (Å²) in [7, 11) is -2.00. The number of allylic oxidation sites excluding steroid dienone is 2. The van der Waals surface area contributed by atoms with Crippen LogP contribution in [0.3, 0.4) is 0 Å². The third-order valence-electron chi connectivity index (χ3n) is 16.0. The van der Waals surface area contributed by atoms with Crippen molar-refractivity contribution < 1.29 is 19.1 Å². The lowest BCUT2D eigenvalue weighted by Crippen LogP contribution is -2.60. The number of anilines is 1. The van der Waals surface area contributed by atoms with Crippen LogP contribution >= 0.6 is 0 Å². The van der Waals surface area contributed by atoms with Crippen molar-refractivity contribution in [2.24, 2.45) is 58.7 Å². The molecule has 5 aliphatic carbocycles. The molecule has 1 saturated heterocycles. The first-order chi connectivity index (χ1) is 23.5. The van der Waals surface area contributed by atoms with Gasteiger partial charge in [0.25, 0.3) is 0 Å². The molecule has 7 rings (SSSR count). The summed E-state index contributed by atoms with van der Waals surface area (Å²) in [6.07, 6.45) is 12.9. The van der Waals surface area contributed by atoms with Crippen molar-refractivity contribution in [3.63, 3.8) is 0 Å². The molecule has 0 spiro atoms. The minimum atomic E-state index is -2.00. The first-order valence-electron chi connectivity index (χ1n) is 20.5. The Hall–Kier alpha value is -1.76. The molecule has 2 amide bonds. The third kappa shape index (κ3) is 5.84. The fraction of sp³-hybridized carbons (Fsp3) is 0.773. The minimum absolute atomic E-state index is 0.0283. The Labute approximate surface area is 304 Å². The minimum Gasteiger partial charge on any atom is -0.414 e. The molecule has 1 unspecified atom stereocenters. The van der Waals surface area contributed by atoms with E-state index in [2.05, 4.69) is 61.6 Å². The topological polar surface area (TPSA) is 66.8 Å². The predicted octanol–water partition coefficient (Wildman–Crippen LogP) is 10.3. The third-order valence-corrected chi connectivity index (χ3v) is 20.5. The summed E-state index contributed by atoms with van der Waals surface area (Å²) < 4.78 is 7.04. The van der Waals surface area contributed by atoms with E-state index < -0.39 is 19.8 Å². The Kier molecular flexibility index (Phi) is 9.49. The van der Waals surface area contributed by atoms with E-state index in [-0.39, 0.29) is 58.0 Å². The Bertz CT molecular complexity index is 1490. The maximum absolute atomic E-state index is 14.7. The number of hydrogen-bond acceptors (Lipinski definition) is 4. The van der Waals surface area contributed by atoms with Crippen LogP contribution in [0.15, 0.2) is 41.5 Å². The zero-order valence-corrected chi connectivity index (χ0v) is 33.8. The van der Waals surface area contributed by atoms with Crippen molar-refractivity contribution >= 4 is 25.8 Å². The van der Waals surface area contributed by atoms with Gasteiger partial charge in [-0.1, -0.05) is 97.1 Å². The van der Waals surface area contributed by atoms with Crippen LogP contribution in [-0.2, 0) is 14.0 Å². The lowest BCUT2D eigenvalue weighted by atomic mass is 9.46. The maximum Gasteiger partial charge on any atom is 0.238 e. The van der Waals surface area contributed by atoms with Gasteiger partial charge in [-0.05, 0) is 135 Å². The Morgan fingerprint density at radius 1 is 0.940 bits per heavy atom. The molecular weight excluding hydrogens is 635 g/mol. The molecule has 1 aromatic carbocycles. The zero-order chi connectivity index (χ0) is 36.0. The van der Waals surface area contributed by atoms with E-state index in [0.29, 0.717) is 23.9 Å². The number of carbonyl (C=O) groups excluding carboxylic acids is 2. The first kappa shape index (κ1) is 36.6. The van der Waals surface area contributed by atoms with Crippen LogP contribution in [0.4, 0.5) is 5.69 Å². The number of aliphatic hydroxyl groups is 1. The van der Waals surface area contributed by atoms with Gasteiger partial charge in [0.1, 0.15) is 0 Å².